The Balaban J connectivity index is 1.42. The first-order valence-corrected chi connectivity index (χ1v) is 9.59. The molecule has 1 aliphatic rings. The van der Waals surface area contributed by atoms with Gasteiger partial charge in [0.2, 0.25) is 0 Å². The third-order valence-corrected chi connectivity index (χ3v) is 5.08. The smallest absolute Gasteiger partial charge is 0.191 e. The molecule has 8 heteroatoms. The fraction of sp³-hybridized carbons (Fsp3) is 0.273. The van der Waals surface area contributed by atoms with Crippen molar-refractivity contribution in [3.8, 4) is 22.8 Å². The van der Waals surface area contributed by atoms with E-state index >= 15 is 0 Å². The number of methoxy groups -OCH3 is 1. The molecule has 1 saturated heterocycles. The van der Waals surface area contributed by atoms with Crippen LogP contribution in [0.5, 0.6) is 11.5 Å². The zero-order valence-corrected chi connectivity index (χ0v) is 16.3. The molecule has 2 heterocycles. The molecule has 0 aliphatic carbocycles. The van der Waals surface area contributed by atoms with Gasteiger partial charge in [-0.05, 0) is 36.4 Å². The highest BCUT2D eigenvalue weighted by atomic mass is 19.1. The number of hydrogen-bond acceptors (Lipinski definition) is 5. The highest BCUT2D eigenvalue weighted by Crippen LogP contribution is 2.31. The molecule has 1 aliphatic heterocycles. The summed E-state index contributed by atoms with van der Waals surface area (Å²) in [5.74, 6) is -1.50. The van der Waals surface area contributed by atoms with E-state index in [1.165, 1.54) is 19.2 Å². The van der Waals surface area contributed by atoms with Crippen molar-refractivity contribution in [3.05, 3.63) is 66.0 Å². The number of hydrogen-bond donors (Lipinski definition) is 0. The number of para-hydroxylation sites is 1. The second-order valence-electron chi connectivity index (χ2n) is 6.95. The summed E-state index contributed by atoms with van der Waals surface area (Å²) < 4.78 is 52.3. The second kappa shape index (κ2) is 8.61. The molecule has 0 radical (unpaired) electrons. The zero-order chi connectivity index (χ0) is 21.1. The molecule has 156 valence electrons. The number of anilines is 1. The molecule has 1 fully saturated rings. The Morgan fingerprint density at radius 1 is 0.900 bits per heavy atom. The topological polar surface area (TPSA) is 47.5 Å². The Hall–Kier alpha value is -3.29. The van der Waals surface area contributed by atoms with Crippen LogP contribution in [-0.2, 0) is 0 Å². The first kappa shape index (κ1) is 20.0. The van der Waals surface area contributed by atoms with Gasteiger partial charge in [-0.2, -0.15) is 0 Å². The van der Waals surface area contributed by atoms with Crippen LogP contribution >= 0.6 is 0 Å². The lowest BCUT2D eigenvalue weighted by molar-refractivity contribution is 0.163. The Kier molecular flexibility index (Phi) is 5.74. The molecule has 0 bridgehead atoms. The fourth-order valence-corrected chi connectivity index (χ4v) is 3.48. The maximum atomic E-state index is 14.4. The molecule has 0 amide bonds. The van der Waals surface area contributed by atoms with Crippen LogP contribution in [0.4, 0.5) is 19.0 Å². The van der Waals surface area contributed by atoms with Gasteiger partial charge in [-0.1, -0.05) is 12.1 Å². The normalized spacial score (nSPS) is 14.6. The van der Waals surface area contributed by atoms with Gasteiger partial charge in [0, 0.05) is 31.5 Å². The average Bonchev–Trinajstić information content (AvgIpc) is 2.77. The van der Waals surface area contributed by atoms with E-state index in [0.29, 0.717) is 31.7 Å². The van der Waals surface area contributed by atoms with Crippen molar-refractivity contribution in [1.29, 1.82) is 0 Å². The first-order chi connectivity index (χ1) is 14.6. The maximum absolute atomic E-state index is 14.4. The van der Waals surface area contributed by atoms with Gasteiger partial charge in [0.15, 0.2) is 34.8 Å². The second-order valence-corrected chi connectivity index (χ2v) is 6.95. The molecule has 0 spiro atoms. The van der Waals surface area contributed by atoms with Gasteiger partial charge in [-0.15, -0.1) is 10.2 Å². The van der Waals surface area contributed by atoms with Crippen molar-refractivity contribution >= 4 is 5.82 Å². The first-order valence-electron chi connectivity index (χ1n) is 9.59. The number of aromatic nitrogens is 2. The summed E-state index contributed by atoms with van der Waals surface area (Å²) in [7, 11) is 1.21. The van der Waals surface area contributed by atoms with E-state index in [9.17, 15) is 13.2 Å². The minimum atomic E-state index is -0.814. The number of benzene rings is 2. The van der Waals surface area contributed by atoms with Crippen molar-refractivity contribution in [1.82, 2.24) is 10.2 Å². The molecular formula is C22H20F3N3O2. The number of halogens is 3. The summed E-state index contributed by atoms with van der Waals surface area (Å²) in [4.78, 5) is 2.04. The third-order valence-electron chi connectivity index (χ3n) is 5.08. The largest absolute Gasteiger partial charge is 0.491 e. The fourth-order valence-electron chi connectivity index (χ4n) is 3.48. The van der Waals surface area contributed by atoms with Crippen molar-refractivity contribution in [2.45, 2.75) is 18.9 Å². The molecule has 0 N–H and O–H groups in total. The summed E-state index contributed by atoms with van der Waals surface area (Å²) >= 11 is 0. The van der Waals surface area contributed by atoms with Crippen LogP contribution < -0.4 is 14.4 Å². The highest BCUT2D eigenvalue weighted by Gasteiger charge is 2.23. The lowest BCUT2D eigenvalue weighted by atomic mass is 10.1. The molecule has 3 aromatic rings. The number of ether oxygens (including phenoxy) is 2. The van der Waals surface area contributed by atoms with E-state index in [1.807, 2.05) is 4.90 Å². The minimum absolute atomic E-state index is 0.0776. The molecule has 4 rings (SSSR count). The molecular weight excluding hydrogens is 395 g/mol. The van der Waals surface area contributed by atoms with Gasteiger partial charge in [-0.25, -0.2) is 13.2 Å². The average molecular weight is 415 g/mol. The van der Waals surface area contributed by atoms with E-state index in [2.05, 4.69) is 10.2 Å². The van der Waals surface area contributed by atoms with Crippen molar-refractivity contribution in [3.63, 3.8) is 0 Å². The van der Waals surface area contributed by atoms with Crippen LogP contribution in [0.2, 0.25) is 0 Å². The summed E-state index contributed by atoms with van der Waals surface area (Å²) in [6.07, 6.45) is 1.34. The summed E-state index contributed by atoms with van der Waals surface area (Å²) in [5, 5.41) is 8.29. The number of piperidine rings is 1. The standard InChI is InChI=1S/C22H20F3N3O2/c1-29-22-17(24)7-6-15(21(22)25)18-8-9-20(27-26-18)28-12-10-14(11-13-28)30-19-5-3-2-4-16(19)23/h2-9,14H,10-13H2,1H3. The van der Waals surface area contributed by atoms with Gasteiger partial charge in [-0.3, -0.25) is 0 Å². The number of nitrogens with zero attached hydrogens (tertiary/aromatic N) is 3. The molecule has 5 nitrogen and oxygen atoms in total. The van der Waals surface area contributed by atoms with E-state index in [1.54, 1.807) is 30.3 Å². The molecule has 0 atom stereocenters. The van der Waals surface area contributed by atoms with Gasteiger partial charge in [0.1, 0.15) is 6.10 Å². The molecule has 1 aromatic heterocycles. The summed E-state index contributed by atoms with van der Waals surface area (Å²) in [6, 6.07) is 12.2. The van der Waals surface area contributed by atoms with Gasteiger partial charge in [0.25, 0.3) is 0 Å². The zero-order valence-electron chi connectivity index (χ0n) is 16.3. The monoisotopic (exact) mass is 415 g/mol. The van der Waals surface area contributed by atoms with Gasteiger partial charge in [0.05, 0.1) is 12.8 Å². The molecule has 30 heavy (non-hydrogen) atoms. The van der Waals surface area contributed by atoms with Crippen LogP contribution in [0.15, 0.2) is 48.5 Å². The van der Waals surface area contributed by atoms with Crippen molar-refractivity contribution in [2.24, 2.45) is 0 Å². The quantitative estimate of drug-likeness (QED) is 0.609. The number of rotatable bonds is 5. The molecule has 2 aromatic carbocycles. The SMILES string of the molecule is COc1c(F)ccc(-c2ccc(N3CCC(Oc4ccccc4F)CC3)nn2)c1F. The molecule has 0 unspecified atom stereocenters. The van der Waals surface area contributed by atoms with E-state index in [0.717, 1.165) is 6.07 Å². The minimum Gasteiger partial charge on any atom is -0.491 e. The lowest BCUT2D eigenvalue weighted by Crippen LogP contribution is -2.38. The van der Waals surface area contributed by atoms with Crippen LogP contribution in [-0.4, -0.2) is 36.5 Å². The summed E-state index contributed by atoms with van der Waals surface area (Å²) in [6.45, 7) is 1.34. The van der Waals surface area contributed by atoms with Gasteiger partial charge >= 0.3 is 0 Å². The lowest BCUT2D eigenvalue weighted by Gasteiger charge is -2.32. The van der Waals surface area contributed by atoms with Crippen molar-refractivity contribution in [2.75, 3.05) is 25.1 Å². The predicted molar refractivity (Wildman–Crippen MR) is 106 cm³/mol. The Morgan fingerprint density at radius 2 is 1.67 bits per heavy atom. The van der Waals surface area contributed by atoms with Crippen LogP contribution in [0, 0.1) is 17.5 Å². The highest BCUT2D eigenvalue weighted by molar-refractivity contribution is 5.63. The predicted octanol–water partition coefficient (Wildman–Crippen LogP) is 4.62. The van der Waals surface area contributed by atoms with Crippen molar-refractivity contribution < 1.29 is 22.6 Å². The Morgan fingerprint density at radius 3 is 2.33 bits per heavy atom. The van der Waals surface area contributed by atoms with Crippen LogP contribution in [0.25, 0.3) is 11.3 Å². The van der Waals surface area contributed by atoms with Gasteiger partial charge < -0.3 is 14.4 Å². The Labute approximate surface area is 172 Å². The van der Waals surface area contributed by atoms with Crippen LogP contribution in [0.1, 0.15) is 12.8 Å². The molecule has 0 saturated carbocycles. The van der Waals surface area contributed by atoms with E-state index in [4.69, 9.17) is 9.47 Å². The van der Waals surface area contributed by atoms with Crippen LogP contribution in [0.3, 0.4) is 0 Å². The Bertz CT molecular complexity index is 1020. The van der Waals surface area contributed by atoms with E-state index < -0.39 is 17.4 Å². The van der Waals surface area contributed by atoms with E-state index in [-0.39, 0.29) is 28.9 Å². The maximum Gasteiger partial charge on any atom is 0.191 e. The third kappa shape index (κ3) is 4.03. The summed E-state index contributed by atoms with van der Waals surface area (Å²) in [5.41, 5.74) is 0.400.